The highest BCUT2D eigenvalue weighted by molar-refractivity contribution is 5.87. The summed E-state index contributed by atoms with van der Waals surface area (Å²) < 4.78 is 32.9. The summed E-state index contributed by atoms with van der Waals surface area (Å²) in [5.74, 6) is -3.67. The third-order valence-corrected chi connectivity index (χ3v) is 4.25. The van der Waals surface area contributed by atoms with Gasteiger partial charge in [-0.2, -0.15) is 0 Å². The van der Waals surface area contributed by atoms with Gasteiger partial charge in [-0.25, -0.2) is 13.6 Å². The van der Waals surface area contributed by atoms with Crippen LogP contribution in [0.15, 0.2) is 18.2 Å². The van der Waals surface area contributed by atoms with Crippen LogP contribution in [0.4, 0.5) is 8.78 Å². The van der Waals surface area contributed by atoms with Crippen molar-refractivity contribution in [1.29, 1.82) is 0 Å². The van der Waals surface area contributed by atoms with Crippen LogP contribution in [0.5, 0.6) is 0 Å². The predicted octanol–water partition coefficient (Wildman–Crippen LogP) is 2.73. The summed E-state index contributed by atoms with van der Waals surface area (Å²) in [7, 11) is 0. The first-order chi connectivity index (χ1) is 11.3. The number of benzene rings is 1. The molecule has 2 atom stereocenters. The molecule has 0 unspecified atom stereocenters. The Morgan fingerprint density at radius 2 is 2.12 bits per heavy atom. The van der Waals surface area contributed by atoms with Crippen LogP contribution in [0.25, 0.3) is 0 Å². The largest absolute Gasteiger partial charge is 0.479 e. The number of rotatable bonds is 6. The molecule has 1 aliphatic rings. The first-order valence-corrected chi connectivity index (χ1v) is 7.94. The van der Waals surface area contributed by atoms with Crippen LogP contribution in [0, 0.1) is 11.6 Å². The molecule has 7 heteroatoms. The van der Waals surface area contributed by atoms with E-state index in [4.69, 9.17) is 4.74 Å². The number of amides is 1. The summed E-state index contributed by atoms with van der Waals surface area (Å²) in [5, 5.41) is 11.8. The Morgan fingerprint density at radius 3 is 2.75 bits per heavy atom. The Hall–Kier alpha value is -2.02. The quantitative estimate of drug-likeness (QED) is 0.834. The number of carbonyl (C=O) groups excluding carboxylic acids is 1. The van der Waals surface area contributed by atoms with Crippen molar-refractivity contribution in [3.63, 3.8) is 0 Å². The number of nitrogens with one attached hydrogen (secondary N) is 1. The van der Waals surface area contributed by atoms with E-state index in [0.717, 1.165) is 44.4 Å². The summed E-state index contributed by atoms with van der Waals surface area (Å²) in [5.41, 5.74) is -2.46. The average Bonchev–Trinajstić information content (AvgIpc) is 2.56. The molecule has 0 aliphatic carbocycles. The van der Waals surface area contributed by atoms with Gasteiger partial charge in [-0.05, 0) is 50.8 Å². The molecule has 2 rings (SSSR count). The Labute approximate surface area is 139 Å². The van der Waals surface area contributed by atoms with Gasteiger partial charge in [0.05, 0.1) is 6.10 Å². The lowest BCUT2D eigenvalue weighted by Crippen LogP contribution is -2.50. The summed E-state index contributed by atoms with van der Waals surface area (Å²) in [4.78, 5) is 23.7. The predicted molar refractivity (Wildman–Crippen MR) is 82.3 cm³/mol. The first-order valence-electron chi connectivity index (χ1n) is 7.94. The number of hydrogen-bond acceptors (Lipinski definition) is 3. The Balaban J connectivity index is 2.08. The van der Waals surface area contributed by atoms with Gasteiger partial charge in [0.2, 0.25) is 5.91 Å². The molecular formula is C17H21F2NO4. The van der Waals surface area contributed by atoms with Crippen LogP contribution in [-0.2, 0) is 19.9 Å². The Morgan fingerprint density at radius 1 is 1.38 bits per heavy atom. The van der Waals surface area contributed by atoms with Crippen LogP contribution in [0.1, 0.15) is 44.6 Å². The van der Waals surface area contributed by atoms with Crippen molar-refractivity contribution in [2.45, 2.75) is 50.7 Å². The van der Waals surface area contributed by atoms with Crippen molar-refractivity contribution < 1.29 is 28.2 Å². The second-order valence-electron chi connectivity index (χ2n) is 6.13. The number of aliphatic carboxylic acids is 1. The highest BCUT2D eigenvalue weighted by atomic mass is 19.1. The summed E-state index contributed by atoms with van der Waals surface area (Å²) in [6, 6.07) is 2.52. The van der Waals surface area contributed by atoms with Gasteiger partial charge in [0.1, 0.15) is 11.6 Å². The number of ether oxygens (including phenoxy) is 1. The number of carbonyl (C=O) groups is 2. The lowest BCUT2D eigenvalue weighted by atomic mass is 9.91. The fourth-order valence-corrected chi connectivity index (χ4v) is 2.79. The van der Waals surface area contributed by atoms with Gasteiger partial charge in [-0.15, -0.1) is 0 Å². The van der Waals surface area contributed by atoms with Crippen molar-refractivity contribution in [2.75, 3.05) is 6.61 Å². The monoisotopic (exact) mass is 341 g/mol. The molecule has 5 nitrogen and oxygen atoms in total. The molecule has 24 heavy (non-hydrogen) atoms. The molecule has 0 radical (unpaired) electrons. The number of carboxylic acids is 1. The zero-order valence-corrected chi connectivity index (χ0v) is 13.5. The van der Waals surface area contributed by atoms with E-state index >= 15 is 0 Å². The zero-order chi connectivity index (χ0) is 17.7. The van der Waals surface area contributed by atoms with Crippen molar-refractivity contribution in [2.24, 2.45) is 0 Å². The molecule has 1 aromatic carbocycles. The van der Waals surface area contributed by atoms with Crippen molar-refractivity contribution >= 4 is 11.9 Å². The Kier molecular flexibility index (Phi) is 5.88. The standard InChI is InChI=1S/C17H21F2NO4/c1-17(16(22)23,13-10-11(18)5-7-14(13)19)20-15(21)8-6-12-4-2-3-9-24-12/h5,7,10,12H,2-4,6,8-9H2,1H3,(H,20,21)(H,22,23)/t12-,17-/m0/s1. The topological polar surface area (TPSA) is 75.6 Å². The summed E-state index contributed by atoms with van der Waals surface area (Å²) >= 11 is 0. The van der Waals surface area contributed by atoms with Gasteiger partial charge in [0.15, 0.2) is 5.54 Å². The first kappa shape index (κ1) is 18.3. The molecular weight excluding hydrogens is 320 g/mol. The minimum atomic E-state index is -2.04. The van der Waals surface area contributed by atoms with E-state index in [1.54, 1.807) is 0 Å². The van der Waals surface area contributed by atoms with E-state index in [2.05, 4.69) is 5.32 Å². The molecule has 1 saturated heterocycles. The lowest BCUT2D eigenvalue weighted by Gasteiger charge is -2.28. The van der Waals surface area contributed by atoms with Gasteiger partial charge in [0, 0.05) is 18.6 Å². The maximum Gasteiger partial charge on any atom is 0.333 e. The second kappa shape index (κ2) is 7.70. The molecule has 1 aliphatic heterocycles. The smallest absolute Gasteiger partial charge is 0.333 e. The third kappa shape index (κ3) is 4.29. The fourth-order valence-electron chi connectivity index (χ4n) is 2.79. The normalized spacial score (nSPS) is 20.2. The van der Waals surface area contributed by atoms with E-state index in [1.165, 1.54) is 0 Å². The molecule has 2 N–H and O–H groups in total. The van der Waals surface area contributed by atoms with E-state index in [0.29, 0.717) is 13.0 Å². The minimum Gasteiger partial charge on any atom is -0.479 e. The molecule has 1 heterocycles. The molecule has 0 bridgehead atoms. The minimum absolute atomic E-state index is 0.0218. The highest BCUT2D eigenvalue weighted by Gasteiger charge is 2.39. The third-order valence-electron chi connectivity index (χ3n) is 4.25. The lowest BCUT2D eigenvalue weighted by molar-refractivity contribution is -0.147. The Bertz CT molecular complexity index is 617. The highest BCUT2D eigenvalue weighted by Crippen LogP contribution is 2.26. The molecule has 1 aromatic rings. The second-order valence-corrected chi connectivity index (χ2v) is 6.13. The molecule has 0 spiro atoms. The number of hydrogen-bond donors (Lipinski definition) is 2. The fraction of sp³-hybridized carbons (Fsp3) is 0.529. The zero-order valence-electron chi connectivity index (χ0n) is 13.5. The maximum atomic E-state index is 14.0. The van der Waals surface area contributed by atoms with Gasteiger partial charge in [-0.3, -0.25) is 4.79 Å². The van der Waals surface area contributed by atoms with Crippen LogP contribution in [0.2, 0.25) is 0 Å². The van der Waals surface area contributed by atoms with Crippen LogP contribution in [0.3, 0.4) is 0 Å². The van der Waals surface area contributed by atoms with Crippen molar-refractivity contribution in [1.82, 2.24) is 5.32 Å². The SMILES string of the molecule is C[C@@](NC(=O)CC[C@@H]1CCCCO1)(C(=O)O)c1cc(F)ccc1F. The van der Waals surface area contributed by atoms with Crippen LogP contribution in [-0.4, -0.2) is 29.7 Å². The van der Waals surface area contributed by atoms with E-state index in [9.17, 15) is 23.5 Å². The van der Waals surface area contributed by atoms with Crippen molar-refractivity contribution in [3.8, 4) is 0 Å². The maximum absolute atomic E-state index is 14.0. The van der Waals surface area contributed by atoms with Gasteiger partial charge in [0.25, 0.3) is 0 Å². The molecule has 132 valence electrons. The summed E-state index contributed by atoms with van der Waals surface area (Å²) in [6.07, 6.45) is 3.40. The molecule has 1 amide bonds. The van der Waals surface area contributed by atoms with Gasteiger partial charge in [-0.1, -0.05) is 0 Å². The van der Waals surface area contributed by atoms with Gasteiger partial charge >= 0.3 is 5.97 Å². The summed E-state index contributed by atoms with van der Waals surface area (Å²) in [6.45, 7) is 1.80. The van der Waals surface area contributed by atoms with E-state index < -0.39 is 34.6 Å². The van der Waals surface area contributed by atoms with Crippen LogP contribution >= 0.6 is 0 Å². The number of halogens is 2. The molecule has 0 aromatic heterocycles. The number of carboxylic acid groups (broad SMARTS) is 1. The van der Waals surface area contributed by atoms with Crippen molar-refractivity contribution in [3.05, 3.63) is 35.4 Å². The average molecular weight is 341 g/mol. The molecule has 1 fully saturated rings. The van der Waals surface area contributed by atoms with Gasteiger partial charge < -0.3 is 15.2 Å². The molecule has 0 saturated carbocycles. The van der Waals surface area contributed by atoms with E-state index in [1.807, 2.05) is 0 Å². The van der Waals surface area contributed by atoms with E-state index in [-0.39, 0.29) is 12.5 Å². The van der Waals surface area contributed by atoms with Crippen LogP contribution < -0.4 is 5.32 Å².